The number of aryl methyl sites for hydroxylation is 1. The van der Waals surface area contributed by atoms with Crippen molar-refractivity contribution in [3.8, 4) is 0 Å². The first-order valence-corrected chi connectivity index (χ1v) is 7.18. The molecule has 1 aromatic carbocycles. The highest BCUT2D eigenvalue weighted by Gasteiger charge is 2.25. The lowest BCUT2D eigenvalue weighted by Crippen LogP contribution is -3.16. The third-order valence-corrected chi connectivity index (χ3v) is 3.97. The van der Waals surface area contributed by atoms with Crippen LogP contribution in [0.25, 0.3) is 0 Å². The van der Waals surface area contributed by atoms with Crippen LogP contribution in [-0.2, 0) is 12.8 Å². The van der Waals surface area contributed by atoms with Gasteiger partial charge in [-0.3, -0.25) is 0 Å². The summed E-state index contributed by atoms with van der Waals surface area (Å²) < 4.78 is 8.07. The highest BCUT2D eigenvalue weighted by molar-refractivity contribution is 5.29. The second-order valence-electron chi connectivity index (χ2n) is 5.27. The van der Waals surface area contributed by atoms with Gasteiger partial charge in [-0.15, -0.1) is 0 Å². The van der Waals surface area contributed by atoms with E-state index in [4.69, 9.17) is 1.37 Å². The van der Waals surface area contributed by atoms with Crippen LogP contribution in [0.5, 0.6) is 0 Å². The molecule has 0 aromatic heterocycles. The van der Waals surface area contributed by atoms with Crippen LogP contribution in [0.1, 0.15) is 45.6 Å². The molecule has 17 heavy (non-hydrogen) atoms. The Hall–Kier alpha value is -0.820. The standard InChI is InChI=1S/C16H25N/c1-3-11-17(12-4-2)16-10-9-14-7-5-6-8-15(14)13-16/h5-8,16H,3-4,9-13H2,1-2H3/p+1/i8D. The SMILES string of the molecule is [2H]c1cccc2c1CC([NH+](CCC)CCC)CC2. The lowest BCUT2D eigenvalue weighted by atomic mass is 9.87. The predicted octanol–water partition coefficient (Wildman–Crippen LogP) is 2.25. The third-order valence-electron chi connectivity index (χ3n) is 3.97. The third kappa shape index (κ3) is 3.10. The van der Waals surface area contributed by atoms with Crippen molar-refractivity contribution in [3.05, 3.63) is 35.4 Å². The van der Waals surface area contributed by atoms with Crippen molar-refractivity contribution in [3.63, 3.8) is 0 Å². The number of rotatable bonds is 5. The van der Waals surface area contributed by atoms with Crippen LogP contribution in [0, 0.1) is 0 Å². The van der Waals surface area contributed by atoms with E-state index in [1.165, 1.54) is 49.9 Å². The summed E-state index contributed by atoms with van der Waals surface area (Å²) in [6, 6.07) is 7.68. The van der Waals surface area contributed by atoms with Gasteiger partial charge in [0, 0.05) is 12.8 Å². The van der Waals surface area contributed by atoms with Crippen molar-refractivity contribution in [1.29, 1.82) is 0 Å². The summed E-state index contributed by atoms with van der Waals surface area (Å²) in [7, 11) is 0. The van der Waals surface area contributed by atoms with Crippen molar-refractivity contribution in [1.82, 2.24) is 0 Å². The van der Waals surface area contributed by atoms with E-state index in [-0.39, 0.29) is 0 Å². The van der Waals surface area contributed by atoms with Crippen molar-refractivity contribution in [2.75, 3.05) is 13.1 Å². The second kappa shape index (κ2) is 6.20. The van der Waals surface area contributed by atoms with E-state index in [9.17, 15) is 0 Å². The summed E-state index contributed by atoms with van der Waals surface area (Å²) >= 11 is 0. The molecule has 94 valence electrons. The largest absolute Gasteiger partial charge is 0.332 e. The molecule has 1 atom stereocenters. The minimum Gasteiger partial charge on any atom is -0.332 e. The van der Waals surface area contributed by atoms with Crippen LogP contribution >= 0.6 is 0 Å². The Labute approximate surface area is 107 Å². The van der Waals surface area contributed by atoms with Gasteiger partial charge in [-0.05, 0) is 30.4 Å². The second-order valence-corrected chi connectivity index (χ2v) is 5.27. The number of nitrogens with one attached hydrogen (secondary N) is 1. The van der Waals surface area contributed by atoms with E-state index in [1.54, 1.807) is 4.90 Å². The molecule has 0 bridgehead atoms. The zero-order valence-electron chi connectivity index (χ0n) is 12.3. The molecule has 1 heteroatoms. The lowest BCUT2D eigenvalue weighted by molar-refractivity contribution is -0.926. The number of benzene rings is 1. The van der Waals surface area contributed by atoms with Gasteiger partial charge in [0.05, 0.1) is 20.5 Å². The number of fused-ring (bicyclic) bond motifs is 1. The minimum absolute atomic E-state index is 0.740. The maximum atomic E-state index is 8.07. The average molecular weight is 233 g/mol. The van der Waals surface area contributed by atoms with E-state index in [2.05, 4.69) is 19.9 Å². The summed E-state index contributed by atoms with van der Waals surface area (Å²) in [6.07, 6.45) is 6.11. The van der Waals surface area contributed by atoms with Crippen molar-refractivity contribution >= 4 is 0 Å². The van der Waals surface area contributed by atoms with Gasteiger partial charge < -0.3 is 4.90 Å². The smallest absolute Gasteiger partial charge is 0.0918 e. The van der Waals surface area contributed by atoms with Crippen LogP contribution in [0.4, 0.5) is 0 Å². The molecule has 1 nitrogen and oxygen atoms in total. The first-order valence-electron chi connectivity index (χ1n) is 7.68. The topological polar surface area (TPSA) is 4.44 Å². The van der Waals surface area contributed by atoms with Gasteiger partial charge in [0.25, 0.3) is 0 Å². The zero-order chi connectivity index (χ0) is 13.0. The molecule has 1 aliphatic carbocycles. The fourth-order valence-corrected chi connectivity index (χ4v) is 3.13. The van der Waals surface area contributed by atoms with Gasteiger partial charge in [-0.25, -0.2) is 0 Å². The fraction of sp³-hybridized carbons (Fsp3) is 0.625. The molecule has 1 N–H and O–H groups in total. The Morgan fingerprint density at radius 1 is 1.24 bits per heavy atom. The fourth-order valence-electron chi connectivity index (χ4n) is 3.13. The van der Waals surface area contributed by atoms with Crippen molar-refractivity contribution in [2.45, 2.75) is 52.0 Å². The molecule has 0 aliphatic heterocycles. The van der Waals surface area contributed by atoms with Gasteiger partial charge in [-0.2, -0.15) is 0 Å². The predicted molar refractivity (Wildman–Crippen MR) is 73.5 cm³/mol. The van der Waals surface area contributed by atoms with Crippen LogP contribution in [0.2, 0.25) is 0 Å². The summed E-state index contributed by atoms with van der Waals surface area (Å²) in [5.41, 5.74) is 2.74. The van der Waals surface area contributed by atoms with Gasteiger partial charge in [0.2, 0.25) is 0 Å². The molecule has 0 spiro atoms. The Bertz CT molecular complexity index is 383. The molecular formula is C16H26N+. The molecule has 2 rings (SSSR count). The number of hydrogen-bond acceptors (Lipinski definition) is 0. The van der Waals surface area contributed by atoms with Crippen molar-refractivity contribution in [2.24, 2.45) is 0 Å². The molecule has 1 aromatic rings. The van der Waals surface area contributed by atoms with Crippen LogP contribution < -0.4 is 4.90 Å². The summed E-state index contributed by atoms with van der Waals surface area (Å²) in [4.78, 5) is 1.76. The Balaban J connectivity index is 2.12. The van der Waals surface area contributed by atoms with Crippen LogP contribution in [-0.4, -0.2) is 19.1 Å². The summed E-state index contributed by atoms with van der Waals surface area (Å²) in [6.45, 7) is 7.13. The molecule has 1 unspecified atom stereocenters. The van der Waals surface area contributed by atoms with Crippen molar-refractivity contribution < 1.29 is 6.27 Å². The van der Waals surface area contributed by atoms with Crippen LogP contribution in [0.3, 0.4) is 0 Å². The van der Waals surface area contributed by atoms with Gasteiger partial charge in [-0.1, -0.05) is 38.1 Å². The van der Waals surface area contributed by atoms with E-state index in [0.29, 0.717) is 0 Å². The van der Waals surface area contributed by atoms with Gasteiger partial charge >= 0.3 is 0 Å². The highest BCUT2D eigenvalue weighted by atomic mass is 15.1. The molecule has 0 heterocycles. The first kappa shape index (κ1) is 11.3. The monoisotopic (exact) mass is 233 g/mol. The molecule has 0 fully saturated rings. The molecule has 0 saturated heterocycles. The van der Waals surface area contributed by atoms with Crippen LogP contribution in [0.15, 0.2) is 24.2 Å². The molecule has 1 aliphatic rings. The zero-order valence-corrected chi connectivity index (χ0v) is 11.3. The van der Waals surface area contributed by atoms with E-state index < -0.39 is 0 Å². The molecular weight excluding hydrogens is 206 g/mol. The van der Waals surface area contributed by atoms with E-state index in [0.717, 1.165) is 18.5 Å². The maximum Gasteiger partial charge on any atom is 0.0918 e. The Morgan fingerprint density at radius 2 is 2.00 bits per heavy atom. The lowest BCUT2D eigenvalue weighted by Gasteiger charge is -2.32. The Kier molecular flexibility index (Phi) is 4.12. The number of hydrogen-bond donors (Lipinski definition) is 1. The molecule has 0 saturated carbocycles. The normalized spacial score (nSPS) is 20.2. The molecule has 0 amide bonds. The van der Waals surface area contributed by atoms with E-state index in [1.807, 2.05) is 12.1 Å². The highest BCUT2D eigenvalue weighted by Crippen LogP contribution is 2.19. The maximum absolute atomic E-state index is 8.07. The van der Waals surface area contributed by atoms with Gasteiger partial charge in [0.1, 0.15) is 0 Å². The number of quaternary nitrogens is 1. The Morgan fingerprint density at radius 3 is 2.71 bits per heavy atom. The summed E-state index contributed by atoms with van der Waals surface area (Å²) in [5, 5.41) is 0. The van der Waals surface area contributed by atoms with E-state index >= 15 is 0 Å². The molecule has 0 radical (unpaired) electrons. The quantitative estimate of drug-likeness (QED) is 0.795. The van der Waals surface area contributed by atoms with Gasteiger partial charge in [0.15, 0.2) is 0 Å². The average Bonchev–Trinajstić information content (AvgIpc) is 2.39. The summed E-state index contributed by atoms with van der Waals surface area (Å²) in [5.74, 6) is 0. The minimum atomic E-state index is 0.740. The first-order chi connectivity index (χ1) is 8.76.